The molecule has 0 nitrogen and oxygen atoms in total. The maximum Gasteiger partial charge on any atom is -0.0417 e. The Morgan fingerprint density at radius 2 is 1.18 bits per heavy atom. The Bertz CT molecular complexity index is 150. The summed E-state index contributed by atoms with van der Waals surface area (Å²) in [6.45, 7) is 11.9. The molecule has 0 bridgehead atoms. The lowest BCUT2D eigenvalue weighted by Crippen LogP contribution is -2.06. The topological polar surface area (TPSA) is 0 Å². The van der Waals surface area contributed by atoms with Crippen molar-refractivity contribution >= 4 is 0 Å². The first-order chi connectivity index (χ1) is 8.11. The number of unbranched alkanes of at least 4 members (excludes halogenated alkanes) is 3. The highest BCUT2D eigenvalue weighted by Gasteiger charge is 2.09. The summed E-state index contributed by atoms with van der Waals surface area (Å²) in [7, 11) is 0. The van der Waals surface area contributed by atoms with E-state index >= 15 is 0 Å². The van der Waals surface area contributed by atoms with Crippen molar-refractivity contribution in [2.75, 3.05) is 0 Å². The van der Waals surface area contributed by atoms with E-state index in [0.29, 0.717) is 0 Å². The van der Waals surface area contributed by atoms with Crippen LogP contribution in [0.1, 0.15) is 92.4 Å². The molecule has 0 fully saturated rings. The third-order valence-electron chi connectivity index (χ3n) is 4.52. The molecule has 0 aliphatic rings. The summed E-state index contributed by atoms with van der Waals surface area (Å²) >= 11 is 0. The van der Waals surface area contributed by atoms with Gasteiger partial charge in [-0.3, -0.25) is 0 Å². The summed E-state index contributed by atoms with van der Waals surface area (Å²) in [5.74, 6) is 2.80. The van der Waals surface area contributed by atoms with Gasteiger partial charge in [-0.2, -0.15) is 0 Å². The quantitative estimate of drug-likeness (QED) is 0.364. The van der Waals surface area contributed by atoms with E-state index in [1.54, 1.807) is 0 Å². The highest BCUT2D eigenvalue weighted by Crippen LogP contribution is 2.22. The summed E-state index contributed by atoms with van der Waals surface area (Å²) in [6, 6.07) is 0. The van der Waals surface area contributed by atoms with Gasteiger partial charge in [0.05, 0.1) is 0 Å². The van der Waals surface area contributed by atoms with E-state index in [0.717, 1.165) is 17.8 Å². The van der Waals surface area contributed by atoms with Gasteiger partial charge >= 0.3 is 0 Å². The van der Waals surface area contributed by atoms with E-state index in [4.69, 9.17) is 0 Å². The van der Waals surface area contributed by atoms with Crippen LogP contribution in [-0.2, 0) is 0 Å². The van der Waals surface area contributed by atoms with Crippen LogP contribution >= 0.6 is 0 Å². The van der Waals surface area contributed by atoms with Crippen LogP contribution in [0.5, 0.6) is 0 Å². The van der Waals surface area contributed by atoms with E-state index < -0.39 is 0 Å². The first-order valence-electron chi connectivity index (χ1n) is 8.11. The van der Waals surface area contributed by atoms with Gasteiger partial charge < -0.3 is 0 Å². The van der Waals surface area contributed by atoms with Gasteiger partial charge in [-0.15, -0.1) is 0 Å². The van der Waals surface area contributed by atoms with Gasteiger partial charge in [0.15, 0.2) is 0 Å². The van der Waals surface area contributed by atoms with Crippen LogP contribution in [0.4, 0.5) is 0 Å². The van der Waals surface area contributed by atoms with Gasteiger partial charge in [-0.25, -0.2) is 0 Å². The fraction of sp³-hybridized carbons (Fsp3) is 1.00. The minimum atomic E-state index is 0.914. The molecule has 104 valence electrons. The average molecular weight is 240 g/mol. The molecule has 3 unspecified atom stereocenters. The lowest BCUT2D eigenvalue weighted by Gasteiger charge is -2.18. The predicted molar refractivity (Wildman–Crippen MR) is 80.4 cm³/mol. The SMILES string of the molecule is CCCCCC(C)CCCCC(C)C(C)CC. The van der Waals surface area contributed by atoms with Gasteiger partial charge in [-0.1, -0.05) is 92.4 Å². The standard InChI is InChI=1S/C17H36/c1-6-8-9-12-15(3)13-10-11-14-17(5)16(4)7-2/h15-17H,6-14H2,1-5H3. The van der Waals surface area contributed by atoms with Crippen LogP contribution in [0.25, 0.3) is 0 Å². The molecule has 0 N–H and O–H groups in total. The molecule has 0 aromatic carbocycles. The zero-order chi connectivity index (χ0) is 13.1. The molecule has 0 rings (SSSR count). The second-order valence-electron chi connectivity index (χ2n) is 6.25. The Morgan fingerprint density at radius 1 is 0.647 bits per heavy atom. The summed E-state index contributed by atoms with van der Waals surface area (Å²) < 4.78 is 0. The van der Waals surface area contributed by atoms with Crippen molar-refractivity contribution in [3.05, 3.63) is 0 Å². The Morgan fingerprint density at radius 3 is 1.71 bits per heavy atom. The molecule has 0 amide bonds. The summed E-state index contributed by atoms with van der Waals surface area (Å²) in [5, 5.41) is 0. The van der Waals surface area contributed by atoms with Crippen LogP contribution in [0, 0.1) is 17.8 Å². The second-order valence-corrected chi connectivity index (χ2v) is 6.25. The van der Waals surface area contributed by atoms with Gasteiger partial charge in [-0.05, 0) is 17.8 Å². The monoisotopic (exact) mass is 240 g/mol. The average Bonchev–Trinajstić information content (AvgIpc) is 2.33. The molecule has 0 heterocycles. The number of hydrogen-bond acceptors (Lipinski definition) is 0. The van der Waals surface area contributed by atoms with E-state index in [9.17, 15) is 0 Å². The zero-order valence-electron chi connectivity index (χ0n) is 13.1. The fourth-order valence-electron chi connectivity index (χ4n) is 2.53. The van der Waals surface area contributed by atoms with Crippen molar-refractivity contribution in [1.29, 1.82) is 0 Å². The van der Waals surface area contributed by atoms with Crippen LogP contribution in [0.3, 0.4) is 0 Å². The lowest BCUT2D eigenvalue weighted by atomic mass is 9.88. The van der Waals surface area contributed by atoms with Gasteiger partial charge in [0.1, 0.15) is 0 Å². The highest BCUT2D eigenvalue weighted by atomic mass is 14.2. The minimum Gasteiger partial charge on any atom is -0.0654 e. The molecule has 0 saturated heterocycles. The lowest BCUT2D eigenvalue weighted by molar-refractivity contribution is 0.335. The molecule has 3 atom stereocenters. The third kappa shape index (κ3) is 9.68. The molecule has 0 spiro atoms. The smallest absolute Gasteiger partial charge is 0.0417 e. The molecule has 0 aromatic heterocycles. The van der Waals surface area contributed by atoms with Crippen molar-refractivity contribution in [3.8, 4) is 0 Å². The maximum atomic E-state index is 2.44. The van der Waals surface area contributed by atoms with Crippen molar-refractivity contribution in [3.63, 3.8) is 0 Å². The Labute approximate surface area is 111 Å². The molecule has 17 heavy (non-hydrogen) atoms. The maximum absolute atomic E-state index is 2.44. The van der Waals surface area contributed by atoms with Crippen molar-refractivity contribution in [2.24, 2.45) is 17.8 Å². The Kier molecular flexibility index (Phi) is 11.1. The van der Waals surface area contributed by atoms with Gasteiger partial charge in [0, 0.05) is 0 Å². The van der Waals surface area contributed by atoms with Crippen LogP contribution in [0.2, 0.25) is 0 Å². The largest absolute Gasteiger partial charge is 0.0654 e. The molecule has 0 heteroatoms. The molecule has 0 aromatic rings. The first-order valence-corrected chi connectivity index (χ1v) is 8.11. The highest BCUT2D eigenvalue weighted by molar-refractivity contribution is 4.61. The van der Waals surface area contributed by atoms with E-state index in [1.807, 2.05) is 0 Å². The molecule has 0 aliphatic carbocycles. The van der Waals surface area contributed by atoms with Crippen LogP contribution in [0.15, 0.2) is 0 Å². The van der Waals surface area contributed by atoms with Crippen LogP contribution < -0.4 is 0 Å². The number of hydrogen-bond donors (Lipinski definition) is 0. The molecule has 0 aliphatic heterocycles. The van der Waals surface area contributed by atoms with Crippen LogP contribution in [-0.4, -0.2) is 0 Å². The predicted octanol–water partition coefficient (Wildman–Crippen LogP) is 6.45. The fourth-order valence-corrected chi connectivity index (χ4v) is 2.53. The normalized spacial score (nSPS) is 16.8. The summed E-state index contributed by atoms with van der Waals surface area (Å²) in [5.41, 5.74) is 0. The van der Waals surface area contributed by atoms with Gasteiger partial charge in [0.25, 0.3) is 0 Å². The van der Waals surface area contributed by atoms with Crippen molar-refractivity contribution in [2.45, 2.75) is 92.4 Å². The molecule has 0 radical (unpaired) electrons. The third-order valence-corrected chi connectivity index (χ3v) is 4.52. The van der Waals surface area contributed by atoms with Crippen molar-refractivity contribution in [1.82, 2.24) is 0 Å². The van der Waals surface area contributed by atoms with Crippen molar-refractivity contribution < 1.29 is 0 Å². The minimum absolute atomic E-state index is 0.914. The second kappa shape index (κ2) is 11.1. The van der Waals surface area contributed by atoms with E-state index in [-0.39, 0.29) is 0 Å². The Hall–Kier alpha value is 0. The Balaban J connectivity index is 3.37. The molecular weight excluding hydrogens is 204 g/mol. The molecule has 0 saturated carbocycles. The van der Waals surface area contributed by atoms with E-state index in [1.165, 1.54) is 57.8 Å². The van der Waals surface area contributed by atoms with E-state index in [2.05, 4.69) is 34.6 Å². The number of rotatable bonds is 11. The molecular formula is C17H36. The summed E-state index contributed by atoms with van der Waals surface area (Å²) in [4.78, 5) is 0. The summed E-state index contributed by atoms with van der Waals surface area (Å²) in [6.07, 6.45) is 12.8. The zero-order valence-corrected chi connectivity index (χ0v) is 13.1. The first kappa shape index (κ1) is 17.0. The van der Waals surface area contributed by atoms with Gasteiger partial charge in [0.2, 0.25) is 0 Å².